The van der Waals surface area contributed by atoms with Crippen molar-refractivity contribution in [2.24, 2.45) is 4.40 Å². The van der Waals surface area contributed by atoms with Gasteiger partial charge in [0.2, 0.25) is 0 Å². The molecule has 6 nitrogen and oxygen atoms in total. The Bertz CT molecular complexity index is 965. The number of ether oxygens (including phenoxy) is 1. The van der Waals surface area contributed by atoms with Crippen LogP contribution in [0.3, 0.4) is 0 Å². The van der Waals surface area contributed by atoms with Gasteiger partial charge in [-0.3, -0.25) is 5.32 Å². The molecule has 10 heteroatoms. The lowest BCUT2D eigenvalue weighted by Crippen LogP contribution is -2.27. The molecule has 0 radical (unpaired) electrons. The van der Waals surface area contributed by atoms with Gasteiger partial charge in [0, 0.05) is 27.9 Å². The first kappa shape index (κ1) is 24.4. The topological polar surface area (TPSA) is 80.7 Å². The molecule has 0 aliphatic rings. The van der Waals surface area contributed by atoms with Crippen LogP contribution in [0.2, 0.25) is 5.02 Å². The third kappa shape index (κ3) is 7.14. The predicted molar refractivity (Wildman–Crippen MR) is 122 cm³/mol. The molecule has 1 amide bonds. The summed E-state index contributed by atoms with van der Waals surface area (Å²) >= 11 is 7.03. The standard InChI is InChI=1S/C20H25ClFN3O3S2/c1-19(2,3)28-18(26)25-17-23-11-16(29-17)14(10-24-30(27)20(4,5)6)13-8-7-12(21)9-15(13)22/h7-11,14H,1-6H3,(H,23,25,26)/t14?,30-/m0/s1. The molecule has 1 aromatic heterocycles. The lowest BCUT2D eigenvalue weighted by molar-refractivity contribution is 0.0636. The fraction of sp³-hybridized carbons (Fsp3) is 0.450. The Kier molecular flexibility index (Phi) is 7.76. The molecule has 1 aromatic carbocycles. The first-order valence-corrected chi connectivity index (χ1v) is 11.4. The number of nitrogens with one attached hydrogen (secondary N) is 1. The summed E-state index contributed by atoms with van der Waals surface area (Å²) in [4.78, 5) is 16.8. The highest BCUT2D eigenvalue weighted by atomic mass is 35.5. The molecule has 0 spiro atoms. The van der Waals surface area contributed by atoms with E-state index in [0.717, 1.165) is 11.3 Å². The van der Waals surface area contributed by atoms with E-state index < -0.39 is 39.2 Å². The number of carbonyl (C=O) groups excluding carboxylic acids is 1. The van der Waals surface area contributed by atoms with E-state index in [4.69, 9.17) is 16.3 Å². The van der Waals surface area contributed by atoms with E-state index >= 15 is 0 Å². The van der Waals surface area contributed by atoms with Crippen LogP contribution >= 0.6 is 22.9 Å². The van der Waals surface area contributed by atoms with Gasteiger partial charge in [0.15, 0.2) is 5.13 Å². The van der Waals surface area contributed by atoms with E-state index in [1.807, 2.05) is 0 Å². The fourth-order valence-corrected chi connectivity index (χ4v) is 3.80. The molecule has 30 heavy (non-hydrogen) atoms. The Labute approximate surface area is 187 Å². The molecule has 2 rings (SSSR count). The number of thiazole rings is 1. The van der Waals surface area contributed by atoms with Crippen molar-refractivity contribution in [3.63, 3.8) is 0 Å². The zero-order valence-corrected chi connectivity index (χ0v) is 20.0. The minimum Gasteiger partial charge on any atom is -0.444 e. The number of halogens is 2. The summed E-state index contributed by atoms with van der Waals surface area (Å²) in [6.45, 7) is 10.7. The van der Waals surface area contributed by atoms with Crippen LogP contribution in [0.4, 0.5) is 14.3 Å². The molecule has 0 saturated carbocycles. The van der Waals surface area contributed by atoms with Gasteiger partial charge in [-0.2, -0.15) is 4.40 Å². The summed E-state index contributed by atoms with van der Waals surface area (Å²) in [7, 11) is -1.51. The first-order valence-electron chi connectivity index (χ1n) is 9.13. The molecule has 0 bridgehead atoms. The Morgan fingerprint density at radius 1 is 1.33 bits per heavy atom. The van der Waals surface area contributed by atoms with Gasteiger partial charge in [0.1, 0.15) is 22.4 Å². The van der Waals surface area contributed by atoms with Crippen LogP contribution in [0.25, 0.3) is 0 Å². The van der Waals surface area contributed by atoms with Crippen molar-refractivity contribution < 1.29 is 18.1 Å². The Morgan fingerprint density at radius 2 is 2.00 bits per heavy atom. The van der Waals surface area contributed by atoms with Crippen molar-refractivity contribution in [2.45, 2.75) is 57.8 Å². The van der Waals surface area contributed by atoms with Crippen LogP contribution in [-0.4, -0.2) is 31.8 Å². The minimum absolute atomic E-state index is 0.266. The fourth-order valence-electron chi connectivity index (χ4n) is 2.21. The number of aromatic nitrogens is 1. The van der Waals surface area contributed by atoms with Crippen molar-refractivity contribution in [1.29, 1.82) is 0 Å². The summed E-state index contributed by atoms with van der Waals surface area (Å²) in [5.41, 5.74) is -0.343. The monoisotopic (exact) mass is 473 g/mol. The molecule has 1 N–H and O–H groups in total. The van der Waals surface area contributed by atoms with E-state index in [-0.39, 0.29) is 5.02 Å². The summed E-state index contributed by atoms with van der Waals surface area (Å²) in [6, 6.07) is 4.33. The number of amides is 1. The average molecular weight is 474 g/mol. The number of carbonyl (C=O) groups is 1. The summed E-state index contributed by atoms with van der Waals surface area (Å²) in [6.07, 6.45) is 2.32. The van der Waals surface area contributed by atoms with Gasteiger partial charge in [0.25, 0.3) is 0 Å². The third-order valence-corrected chi connectivity index (χ3v) is 6.16. The van der Waals surface area contributed by atoms with Gasteiger partial charge >= 0.3 is 6.09 Å². The van der Waals surface area contributed by atoms with Crippen molar-refractivity contribution in [3.8, 4) is 0 Å². The molecule has 1 heterocycles. The van der Waals surface area contributed by atoms with Crippen molar-refractivity contribution >= 4 is 51.4 Å². The Hall–Kier alpha value is -1.84. The molecule has 1 unspecified atom stereocenters. The second-order valence-electron chi connectivity index (χ2n) is 8.45. The van der Waals surface area contributed by atoms with Gasteiger partial charge in [-0.25, -0.2) is 18.4 Å². The van der Waals surface area contributed by atoms with Crippen molar-refractivity contribution in [3.05, 3.63) is 45.7 Å². The van der Waals surface area contributed by atoms with Crippen LogP contribution in [-0.2, 0) is 15.7 Å². The van der Waals surface area contributed by atoms with E-state index in [1.165, 1.54) is 18.5 Å². The lowest BCUT2D eigenvalue weighted by atomic mass is 9.99. The van der Waals surface area contributed by atoms with Gasteiger partial charge in [-0.15, -0.1) is 11.3 Å². The summed E-state index contributed by atoms with van der Waals surface area (Å²) < 4.78 is 35.8. The summed E-state index contributed by atoms with van der Waals surface area (Å²) in [5, 5.41) is 3.13. The maximum atomic E-state index is 14.6. The van der Waals surface area contributed by atoms with Gasteiger partial charge in [-0.05, 0) is 53.7 Å². The zero-order valence-electron chi connectivity index (χ0n) is 17.7. The van der Waals surface area contributed by atoms with Crippen LogP contribution in [0.5, 0.6) is 0 Å². The highest BCUT2D eigenvalue weighted by molar-refractivity contribution is 7.85. The van der Waals surface area contributed by atoms with Crippen molar-refractivity contribution in [2.75, 3.05) is 5.32 Å². The number of hydrogen-bond acceptors (Lipinski definition) is 5. The molecule has 0 aliphatic heterocycles. The smallest absolute Gasteiger partial charge is 0.413 e. The maximum absolute atomic E-state index is 14.6. The van der Waals surface area contributed by atoms with Crippen LogP contribution in [0.1, 0.15) is 57.9 Å². The van der Waals surface area contributed by atoms with E-state index in [9.17, 15) is 13.4 Å². The molecule has 0 aliphatic carbocycles. The SMILES string of the molecule is CC(C)(C)OC(=O)Nc1ncc(C(C=N[S@@](=O)C(C)(C)C)c2ccc(Cl)cc2F)s1. The minimum atomic E-state index is -1.51. The number of rotatable bonds is 5. The zero-order chi connectivity index (χ0) is 22.7. The number of benzene rings is 1. The van der Waals surface area contributed by atoms with Crippen LogP contribution < -0.4 is 5.32 Å². The first-order chi connectivity index (χ1) is 13.8. The average Bonchev–Trinajstić information content (AvgIpc) is 3.01. The summed E-state index contributed by atoms with van der Waals surface area (Å²) in [5.74, 6) is -1.17. The second-order valence-corrected chi connectivity index (χ2v) is 11.9. The Morgan fingerprint density at radius 3 is 2.57 bits per heavy atom. The predicted octanol–water partition coefficient (Wildman–Crippen LogP) is 5.95. The molecule has 164 valence electrons. The third-order valence-electron chi connectivity index (χ3n) is 3.57. The van der Waals surface area contributed by atoms with E-state index in [1.54, 1.807) is 53.7 Å². The van der Waals surface area contributed by atoms with Gasteiger partial charge in [0.05, 0.1) is 10.7 Å². The van der Waals surface area contributed by atoms with Crippen LogP contribution in [0, 0.1) is 5.82 Å². The number of nitrogens with zero attached hydrogens (tertiary/aromatic N) is 2. The van der Waals surface area contributed by atoms with Gasteiger partial charge in [-0.1, -0.05) is 17.7 Å². The second kappa shape index (κ2) is 9.53. The lowest BCUT2D eigenvalue weighted by Gasteiger charge is -2.19. The molecule has 2 atom stereocenters. The highest BCUT2D eigenvalue weighted by Crippen LogP contribution is 2.33. The van der Waals surface area contributed by atoms with Crippen molar-refractivity contribution in [1.82, 2.24) is 4.98 Å². The molecular formula is C20H25ClFN3O3S2. The largest absolute Gasteiger partial charge is 0.444 e. The van der Waals surface area contributed by atoms with Crippen LogP contribution in [0.15, 0.2) is 28.8 Å². The van der Waals surface area contributed by atoms with E-state index in [0.29, 0.717) is 15.6 Å². The maximum Gasteiger partial charge on any atom is 0.413 e. The molecule has 0 saturated heterocycles. The highest BCUT2D eigenvalue weighted by Gasteiger charge is 2.24. The number of hydrogen-bond donors (Lipinski definition) is 1. The normalized spacial score (nSPS) is 14.5. The quantitative estimate of drug-likeness (QED) is 0.544. The van der Waals surface area contributed by atoms with Gasteiger partial charge < -0.3 is 4.74 Å². The molecule has 2 aromatic rings. The number of anilines is 1. The molecular weight excluding hydrogens is 449 g/mol. The Balaban J connectivity index is 2.36. The molecule has 0 fully saturated rings. The van der Waals surface area contributed by atoms with E-state index in [2.05, 4.69) is 14.7 Å².